The molecular weight excluding hydrogens is 172 g/mol. The molecule has 2 nitrogen and oxygen atoms in total. The van der Waals surface area contributed by atoms with Crippen molar-refractivity contribution in [1.82, 2.24) is 10.3 Å². The van der Waals surface area contributed by atoms with Crippen LogP contribution in [0.1, 0.15) is 25.8 Å². The van der Waals surface area contributed by atoms with Gasteiger partial charge in [-0.1, -0.05) is 18.2 Å². The fourth-order valence-corrected chi connectivity index (χ4v) is 1.07. The van der Waals surface area contributed by atoms with Crippen LogP contribution in [0.4, 0.5) is 0 Å². The van der Waals surface area contributed by atoms with E-state index in [1.54, 1.807) is 6.20 Å². The largest absolute Gasteiger partial charge is 0.315 e. The molecule has 0 radical (unpaired) electrons. The smallest absolute Gasteiger partial charge is 0.0340 e. The minimum absolute atomic E-state index is 0.165. The van der Waals surface area contributed by atoms with Crippen molar-refractivity contribution in [3.8, 4) is 0 Å². The van der Waals surface area contributed by atoms with Crippen LogP contribution in [0.25, 0.3) is 6.08 Å². The first-order valence-electron chi connectivity index (χ1n) is 4.89. The highest BCUT2D eigenvalue weighted by atomic mass is 14.9. The molecule has 1 aromatic heterocycles. The van der Waals surface area contributed by atoms with Crippen LogP contribution < -0.4 is 5.32 Å². The molecule has 1 N–H and O–H groups in total. The van der Waals surface area contributed by atoms with E-state index in [1.165, 1.54) is 0 Å². The first-order chi connectivity index (χ1) is 6.64. The van der Waals surface area contributed by atoms with Gasteiger partial charge >= 0.3 is 0 Å². The molecule has 0 amide bonds. The third-order valence-electron chi connectivity index (χ3n) is 2.30. The van der Waals surface area contributed by atoms with Gasteiger partial charge in [0.05, 0.1) is 0 Å². The number of nitrogens with one attached hydrogen (secondary N) is 1. The highest BCUT2D eigenvalue weighted by molar-refractivity contribution is 5.47. The van der Waals surface area contributed by atoms with Gasteiger partial charge in [-0.25, -0.2) is 0 Å². The molecule has 0 saturated carbocycles. The zero-order chi connectivity index (χ0) is 10.4. The van der Waals surface area contributed by atoms with Gasteiger partial charge in [0.25, 0.3) is 0 Å². The molecule has 2 heteroatoms. The number of hydrogen-bond acceptors (Lipinski definition) is 2. The first-order valence-corrected chi connectivity index (χ1v) is 4.89. The minimum atomic E-state index is 0.165. The molecular formula is C12H18N2. The average Bonchev–Trinajstić information content (AvgIpc) is 2.19. The lowest BCUT2D eigenvalue weighted by Gasteiger charge is -2.21. The SMILES string of the molecule is CNC(C)(C)C/C=C\c1cccnc1. The quantitative estimate of drug-likeness (QED) is 0.789. The normalized spacial score (nSPS) is 12.2. The third kappa shape index (κ3) is 3.71. The second-order valence-electron chi connectivity index (χ2n) is 4.03. The van der Waals surface area contributed by atoms with Crippen molar-refractivity contribution in [1.29, 1.82) is 0 Å². The maximum absolute atomic E-state index is 4.05. The second-order valence-corrected chi connectivity index (χ2v) is 4.03. The Morgan fingerprint density at radius 2 is 2.29 bits per heavy atom. The van der Waals surface area contributed by atoms with Crippen LogP contribution in [0.15, 0.2) is 30.6 Å². The molecule has 0 aliphatic heterocycles. The summed E-state index contributed by atoms with van der Waals surface area (Å²) in [6, 6.07) is 4.00. The van der Waals surface area contributed by atoms with Crippen LogP contribution in [0.2, 0.25) is 0 Å². The van der Waals surface area contributed by atoms with E-state index < -0.39 is 0 Å². The van der Waals surface area contributed by atoms with Crippen molar-refractivity contribution in [3.63, 3.8) is 0 Å². The molecule has 0 spiro atoms. The molecule has 0 fully saturated rings. The minimum Gasteiger partial charge on any atom is -0.315 e. The van der Waals surface area contributed by atoms with Crippen molar-refractivity contribution in [2.75, 3.05) is 7.05 Å². The zero-order valence-corrected chi connectivity index (χ0v) is 9.12. The topological polar surface area (TPSA) is 24.9 Å². The lowest BCUT2D eigenvalue weighted by molar-refractivity contribution is 0.430. The van der Waals surface area contributed by atoms with E-state index in [0.29, 0.717) is 0 Å². The third-order valence-corrected chi connectivity index (χ3v) is 2.30. The summed E-state index contributed by atoms with van der Waals surface area (Å²) in [5.41, 5.74) is 1.32. The van der Waals surface area contributed by atoms with Crippen molar-refractivity contribution < 1.29 is 0 Å². The fourth-order valence-electron chi connectivity index (χ4n) is 1.07. The second kappa shape index (κ2) is 4.91. The molecule has 0 aromatic carbocycles. The number of pyridine rings is 1. The first kappa shape index (κ1) is 10.9. The summed E-state index contributed by atoms with van der Waals surface area (Å²) in [5, 5.41) is 3.26. The summed E-state index contributed by atoms with van der Waals surface area (Å²) >= 11 is 0. The molecule has 14 heavy (non-hydrogen) atoms. The Bertz CT molecular complexity index is 288. The molecule has 0 unspecified atom stereocenters. The Labute approximate surface area is 86.1 Å². The van der Waals surface area contributed by atoms with Gasteiger partial charge in [0.1, 0.15) is 0 Å². The highest BCUT2D eigenvalue weighted by Gasteiger charge is 2.10. The zero-order valence-electron chi connectivity index (χ0n) is 9.12. The molecule has 0 saturated heterocycles. The van der Waals surface area contributed by atoms with E-state index in [1.807, 2.05) is 19.3 Å². The van der Waals surface area contributed by atoms with Gasteiger partial charge in [0, 0.05) is 17.9 Å². The van der Waals surface area contributed by atoms with Gasteiger partial charge in [0.15, 0.2) is 0 Å². The Morgan fingerprint density at radius 3 is 2.86 bits per heavy atom. The van der Waals surface area contributed by atoms with Crippen molar-refractivity contribution in [3.05, 3.63) is 36.2 Å². The summed E-state index contributed by atoms with van der Waals surface area (Å²) in [4.78, 5) is 4.05. The lowest BCUT2D eigenvalue weighted by Crippen LogP contribution is -2.35. The predicted octanol–water partition coefficient (Wildman–Crippen LogP) is 2.48. The molecule has 0 aliphatic carbocycles. The van der Waals surface area contributed by atoms with Crippen LogP contribution in [0.5, 0.6) is 0 Å². The van der Waals surface area contributed by atoms with Crippen molar-refractivity contribution in [2.24, 2.45) is 0 Å². The molecule has 1 rings (SSSR count). The van der Waals surface area contributed by atoms with E-state index in [2.05, 4.69) is 42.4 Å². The average molecular weight is 190 g/mol. The molecule has 1 aromatic rings. The lowest BCUT2D eigenvalue weighted by atomic mass is 10.0. The Kier molecular flexibility index (Phi) is 3.84. The standard InChI is InChI=1S/C12H18N2/c1-12(2,13-3)8-4-6-11-7-5-9-14-10-11/h4-7,9-10,13H,8H2,1-3H3/b6-4-. The van der Waals surface area contributed by atoms with Gasteiger partial charge in [-0.3, -0.25) is 4.98 Å². The van der Waals surface area contributed by atoms with E-state index in [-0.39, 0.29) is 5.54 Å². The molecule has 0 atom stereocenters. The summed E-state index contributed by atoms with van der Waals surface area (Å²) in [6.45, 7) is 4.36. The number of aromatic nitrogens is 1. The van der Waals surface area contributed by atoms with Gasteiger partial charge < -0.3 is 5.32 Å². The van der Waals surface area contributed by atoms with E-state index in [9.17, 15) is 0 Å². The monoisotopic (exact) mass is 190 g/mol. The van der Waals surface area contributed by atoms with E-state index in [0.717, 1.165) is 12.0 Å². The number of rotatable bonds is 4. The van der Waals surface area contributed by atoms with Gasteiger partial charge in [-0.2, -0.15) is 0 Å². The van der Waals surface area contributed by atoms with Crippen LogP contribution in [0.3, 0.4) is 0 Å². The van der Waals surface area contributed by atoms with E-state index in [4.69, 9.17) is 0 Å². The van der Waals surface area contributed by atoms with Crippen LogP contribution in [0, 0.1) is 0 Å². The molecule has 0 bridgehead atoms. The fraction of sp³-hybridized carbons (Fsp3) is 0.417. The summed E-state index contributed by atoms with van der Waals surface area (Å²) in [5.74, 6) is 0. The Hall–Kier alpha value is -1.15. The maximum Gasteiger partial charge on any atom is 0.0340 e. The van der Waals surface area contributed by atoms with Gasteiger partial charge in [-0.05, 0) is 38.9 Å². The predicted molar refractivity (Wildman–Crippen MR) is 61.0 cm³/mol. The van der Waals surface area contributed by atoms with Gasteiger partial charge in [0.2, 0.25) is 0 Å². The van der Waals surface area contributed by atoms with Gasteiger partial charge in [-0.15, -0.1) is 0 Å². The maximum atomic E-state index is 4.05. The van der Waals surface area contributed by atoms with Crippen molar-refractivity contribution >= 4 is 6.08 Å². The highest BCUT2D eigenvalue weighted by Crippen LogP contribution is 2.09. The number of hydrogen-bond donors (Lipinski definition) is 1. The molecule has 0 aliphatic rings. The number of nitrogens with zero attached hydrogens (tertiary/aromatic N) is 1. The van der Waals surface area contributed by atoms with Crippen LogP contribution in [-0.4, -0.2) is 17.6 Å². The Morgan fingerprint density at radius 1 is 1.50 bits per heavy atom. The molecule has 1 heterocycles. The molecule has 76 valence electrons. The summed E-state index contributed by atoms with van der Waals surface area (Å²) in [7, 11) is 1.98. The Balaban J connectivity index is 2.50. The summed E-state index contributed by atoms with van der Waals surface area (Å²) in [6.07, 6.45) is 8.94. The van der Waals surface area contributed by atoms with E-state index >= 15 is 0 Å². The van der Waals surface area contributed by atoms with Crippen molar-refractivity contribution in [2.45, 2.75) is 25.8 Å². The van der Waals surface area contributed by atoms with Crippen LogP contribution >= 0.6 is 0 Å². The van der Waals surface area contributed by atoms with Crippen LogP contribution in [-0.2, 0) is 0 Å². The summed E-state index contributed by atoms with van der Waals surface area (Å²) < 4.78 is 0.